The fraction of sp³-hybridized carbons (Fsp3) is 0.937. The topological polar surface area (TPSA) is 636 Å². The lowest BCUT2D eigenvalue weighted by molar-refractivity contribution is -0.395. The molecule has 2 amide bonds. The zero-order chi connectivity index (χ0) is 79.7. The van der Waals surface area contributed by atoms with Crippen LogP contribution in [-0.4, -0.2) is 456 Å². The largest absolute Gasteiger partial charge is 0.394 e. The summed E-state index contributed by atoms with van der Waals surface area (Å²) in [6, 6.07) is -0.860. The van der Waals surface area contributed by atoms with Crippen LogP contribution in [0.3, 0.4) is 0 Å². The molecule has 0 radical (unpaired) electrons. The third-order valence-corrected chi connectivity index (χ3v) is 22.2. The Morgan fingerprint density at radius 3 is 0.908 bits per heavy atom. The Labute approximate surface area is 644 Å². The molecule has 0 saturated carbocycles. The van der Waals surface area contributed by atoms with Crippen LogP contribution in [-0.2, 0) is 95.0 Å². The van der Waals surface area contributed by atoms with Crippen LogP contribution in [0.4, 0.5) is 0 Å². The fourth-order valence-corrected chi connectivity index (χ4v) is 15.9. The molecule has 0 aromatic heterocycles. The van der Waals surface area contributed by atoms with E-state index in [0.717, 1.165) is 23.5 Å². The molecule has 0 aromatic carbocycles. The van der Waals surface area contributed by atoms with E-state index >= 15 is 0 Å². The Kier molecular flexibility index (Phi) is 38.0. The molecule has 21 saturated heterocycles. The minimum absolute atomic E-state index is 0.0103. The van der Waals surface area contributed by atoms with Gasteiger partial charge in [0, 0.05) is 66.9 Å². The first-order valence-corrected chi connectivity index (χ1v) is 39.2. The summed E-state index contributed by atoms with van der Waals surface area (Å²) in [5.74, 6) is -2.89. The summed E-state index contributed by atoms with van der Waals surface area (Å²) in [6.07, 6.45) is -72.0. The van der Waals surface area contributed by atoms with Gasteiger partial charge in [-0.1, -0.05) is 0 Å². The van der Waals surface area contributed by atoms with Crippen LogP contribution >= 0.6 is 48.8 Å². The normalized spacial score (nSPS) is 43.0. The monoisotopic (exact) mass is 1660 g/mol. The van der Waals surface area contributed by atoms with Gasteiger partial charge in [0.25, 0.3) is 0 Å². The van der Waals surface area contributed by atoms with E-state index in [1.165, 1.54) is 14.0 Å². The maximum Gasteiger partial charge on any atom is 0.238 e. The molecule has 46 heteroatoms. The second kappa shape index (κ2) is 44.7. The zero-order valence-electron chi connectivity index (χ0n) is 59.4. The van der Waals surface area contributed by atoms with Crippen molar-refractivity contribution in [1.82, 2.24) is 16.0 Å². The van der Waals surface area contributed by atoms with Gasteiger partial charge in [-0.05, 0) is 14.0 Å². The van der Waals surface area contributed by atoms with Crippen molar-refractivity contribution >= 4 is 72.2 Å². The first kappa shape index (κ1) is 92.7. The van der Waals surface area contributed by atoms with Crippen LogP contribution in [0.5, 0.6) is 0 Å². The maximum absolute atomic E-state index is 13.7. The van der Waals surface area contributed by atoms with Crippen molar-refractivity contribution in [2.75, 3.05) is 114 Å². The van der Waals surface area contributed by atoms with Crippen LogP contribution in [0.15, 0.2) is 0 Å². The molecule has 22 N–H and O–H groups in total. The lowest BCUT2D eigenvalue weighted by Crippen LogP contribution is -2.68. The van der Waals surface area contributed by atoms with Gasteiger partial charge < -0.3 is 189 Å². The van der Waals surface area contributed by atoms with Crippen LogP contribution in [0.2, 0.25) is 0 Å². The molecule has 21 fully saturated rings. The van der Waals surface area contributed by atoms with Crippen LogP contribution < -0.4 is 16.0 Å². The summed E-state index contributed by atoms with van der Waals surface area (Å²) < 4.78 is 94.6. The highest BCUT2D eigenvalue weighted by Crippen LogP contribution is 2.40. The van der Waals surface area contributed by atoms with E-state index in [9.17, 15) is 116 Å². The summed E-state index contributed by atoms with van der Waals surface area (Å²) in [4.78, 5) is 51.3. The number of aliphatic hydroxyl groups excluding tert-OH is 19. The minimum Gasteiger partial charge on any atom is -0.394 e. The van der Waals surface area contributed by atoms with Gasteiger partial charge >= 0.3 is 0 Å². The number of aliphatic hydroxyl groups is 19. The number of nitrogens with one attached hydrogen (secondary N) is 3. The van der Waals surface area contributed by atoms with Gasteiger partial charge in [0.1, 0.15) is 170 Å². The zero-order valence-corrected chi connectivity index (χ0v) is 62.8. The molecule has 632 valence electrons. The molecule has 21 rings (SSSR count). The Morgan fingerprint density at radius 2 is 0.633 bits per heavy atom. The number of amides is 2. The van der Waals surface area contributed by atoms with E-state index < -0.39 is 278 Å². The van der Waals surface area contributed by atoms with Crippen LogP contribution in [0.25, 0.3) is 0 Å². The standard InChI is InChI=1S/C63H107N3O39S4/c1-23(72)3-7-90-9-10-91-8-4-25(73)13-24(55(88)65-5-11-106)19-108-21-32-53-39(79)46(86)62(97-32)102-51-30(17-70)93-59(42(82)35(51)75)101-50-29(16-69)96-61(45(85)38(50)78)105-54-33(22-109-20-26(64-2)56(89)66-6-12-107)98-63(47(87)40(54)80)103-52-31(18-71)94-58(43(83)36(52)76)99-48-27(14-67)92-57(41(81)34(48)74)100-49-28(15-68)95-60(104-53)44(84)37(49)77/h24,26-54,57-64,67-71,74-87,106-107H,3-22H2,1-2H3,(H,65,88)(H,66,89)/t24-,26-,27?,28?,29?,30?,31?,32?,33?,34-,35-,36-,37-,38-,39-,40-,41-,42?,43-,44?,45?,46?,47?,48+,49+,50+,51+,52+,53+,54+,57?,58?,59-,60+,61-,62+,63?/m1/s1. The lowest BCUT2D eigenvalue weighted by atomic mass is 9.95. The quantitative estimate of drug-likeness (QED) is 0.0226. The summed E-state index contributed by atoms with van der Waals surface area (Å²) >= 11 is 10.2. The Bertz CT molecular complexity index is 2740. The fourth-order valence-electron chi connectivity index (χ4n) is 13.3. The highest BCUT2D eigenvalue weighted by molar-refractivity contribution is 7.99. The molecule has 0 spiro atoms. The van der Waals surface area contributed by atoms with Crippen molar-refractivity contribution in [3.63, 3.8) is 0 Å². The van der Waals surface area contributed by atoms with Crippen molar-refractivity contribution < 1.29 is 192 Å². The van der Waals surface area contributed by atoms with E-state index in [1.807, 2.05) is 0 Å². The third kappa shape index (κ3) is 23.6. The van der Waals surface area contributed by atoms with Gasteiger partial charge in [0.2, 0.25) is 11.8 Å². The molecule has 15 unspecified atom stereocenters. The van der Waals surface area contributed by atoms with Gasteiger partial charge in [-0.3, -0.25) is 19.2 Å². The number of hydrogen-bond donors (Lipinski definition) is 24. The molecule has 37 atom stereocenters. The van der Waals surface area contributed by atoms with E-state index in [4.69, 9.17) is 75.8 Å². The number of likely N-dealkylation sites (N-methyl/N-ethyl adjacent to an activating group) is 1. The average molecular weight is 1660 g/mol. The highest BCUT2D eigenvalue weighted by atomic mass is 32.2. The molecule has 42 nitrogen and oxygen atoms in total. The summed E-state index contributed by atoms with van der Waals surface area (Å²) in [5, 5.41) is 227. The number of thiol groups is 2. The van der Waals surface area contributed by atoms with Crippen molar-refractivity contribution in [2.24, 2.45) is 5.92 Å². The number of ketones is 2. The summed E-state index contributed by atoms with van der Waals surface area (Å²) in [7, 11) is 1.50. The van der Waals surface area contributed by atoms with Gasteiger partial charge in [-0.15, -0.1) is 0 Å². The van der Waals surface area contributed by atoms with Crippen molar-refractivity contribution in [3.8, 4) is 0 Å². The summed E-state index contributed by atoms with van der Waals surface area (Å²) in [5.41, 5.74) is 0. The average Bonchev–Trinajstić information content (AvgIpc) is 0.804. The third-order valence-electron chi connectivity index (χ3n) is 19.4. The van der Waals surface area contributed by atoms with Gasteiger partial charge in [0.05, 0.1) is 83.6 Å². The van der Waals surface area contributed by atoms with Crippen molar-refractivity contribution in [1.29, 1.82) is 0 Å². The molecular formula is C63H107N3O39S4. The predicted octanol–water partition coefficient (Wildman–Crippen LogP) is -13.1. The van der Waals surface area contributed by atoms with E-state index in [0.29, 0.717) is 5.75 Å². The number of ether oxygens (including phenoxy) is 16. The summed E-state index contributed by atoms with van der Waals surface area (Å²) in [6.45, 7) is -3.37. The predicted molar refractivity (Wildman–Crippen MR) is 370 cm³/mol. The molecule has 14 bridgehead atoms. The number of Topliss-reactive ketones (excluding diaryl/α,β-unsaturated/α-hetero) is 2. The second-order valence-electron chi connectivity index (χ2n) is 27.1. The smallest absolute Gasteiger partial charge is 0.238 e. The van der Waals surface area contributed by atoms with Gasteiger partial charge in [0.15, 0.2) is 44.0 Å². The molecule has 21 heterocycles. The molecule has 109 heavy (non-hydrogen) atoms. The minimum atomic E-state index is -2.29. The number of rotatable bonds is 31. The van der Waals surface area contributed by atoms with E-state index in [-0.39, 0.29) is 93.3 Å². The Balaban J connectivity index is 1.09. The molecular weight excluding hydrogens is 1550 g/mol. The lowest BCUT2D eigenvalue weighted by Gasteiger charge is -2.50. The SMILES string of the molecule is CN[C@H](CSCC1OC2O[C@H]3C(CO)OC(O[C@H]4C(CO)OC(O[C@H]5C(CO)O[C@@H](O[C@H]6C(CSC[C@@H](CC(=O)CCOCCOCCC(C)=O)C(=O)NCCS)O[C@@H](O[C@H]7C(CO)O[C@H](O[C@H]8C(CO)O[C@H](O[C@@H]1[C@H](O)C2O)C(O)[C@H]8O)C(O)[C@H]7O)C(O)[C@H]6O)C(O)[C@H]5O)[C@H](O)[C@H]4O)[C@H](O)[C@H]3O)C(=O)NCCS. The van der Waals surface area contributed by atoms with Crippen molar-refractivity contribution in [3.05, 3.63) is 0 Å². The van der Waals surface area contributed by atoms with Crippen molar-refractivity contribution in [2.45, 2.75) is 247 Å². The first-order valence-electron chi connectivity index (χ1n) is 35.6. The Hall–Kier alpha value is -1.76. The number of thioether (sulfide) groups is 2. The van der Waals surface area contributed by atoms with E-state index in [2.05, 4.69) is 41.2 Å². The molecule has 0 aliphatic carbocycles. The molecule has 21 aliphatic rings. The molecule has 0 aromatic rings. The number of carbonyl (C=O) groups is 4. The number of carbonyl (C=O) groups excluding carboxylic acids is 4. The van der Waals surface area contributed by atoms with Gasteiger partial charge in [-0.2, -0.15) is 48.8 Å². The van der Waals surface area contributed by atoms with Gasteiger partial charge in [-0.25, -0.2) is 0 Å². The Morgan fingerprint density at radius 1 is 0.367 bits per heavy atom. The number of hydrogen-bond acceptors (Lipinski definition) is 44. The highest BCUT2D eigenvalue weighted by Gasteiger charge is 2.60. The first-order chi connectivity index (χ1) is 52.1. The molecule has 21 aliphatic heterocycles. The maximum atomic E-state index is 13.7. The van der Waals surface area contributed by atoms with E-state index in [1.54, 1.807) is 0 Å². The van der Waals surface area contributed by atoms with Crippen LogP contribution in [0.1, 0.15) is 26.2 Å². The van der Waals surface area contributed by atoms with Crippen LogP contribution in [0, 0.1) is 5.92 Å². The second-order valence-corrected chi connectivity index (χ2v) is 30.1.